The summed E-state index contributed by atoms with van der Waals surface area (Å²) in [6.45, 7) is 4.67. The molecule has 8 nitrogen and oxygen atoms in total. The maximum absolute atomic E-state index is 13.3. The number of hydrogen-bond acceptors (Lipinski definition) is 7. The number of likely N-dealkylation sites (tertiary alicyclic amines) is 2. The summed E-state index contributed by atoms with van der Waals surface area (Å²) in [5.41, 5.74) is 1.03. The van der Waals surface area contributed by atoms with Crippen molar-refractivity contribution in [3.63, 3.8) is 0 Å². The Balaban J connectivity index is 1.76. The van der Waals surface area contributed by atoms with Gasteiger partial charge in [0.15, 0.2) is 0 Å². The molecular weight excluding hydrogens is 492 g/mol. The number of benzene rings is 1. The van der Waals surface area contributed by atoms with E-state index in [0.29, 0.717) is 31.0 Å². The Labute approximate surface area is 212 Å². The number of amides is 2. The van der Waals surface area contributed by atoms with Crippen molar-refractivity contribution in [2.75, 3.05) is 26.8 Å². The Kier molecular flexibility index (Phi) is 7.37. The van der Waals surface area contributed by atoms with Crippen LogP contribution in [0.4, 0.5) is 4.79 Å². The Morgan fingerprint density at radius 3 is 2.57 bits per heavy atom. The van der Waals surface area contributed by atoms with Gasteiger partial charge in [-0.3, -0.25) is 9.59 Å². The average molecular weight is 519 g/mol. The molecule has 0 aliphatic carbocycles. The van der Waals surface area contributed by atoms with Crippen molar-refractivity contribution < 1.29 is 29.0 Å². The zero-order chi connectivity index (χ0) is 25.3. The van der Waals surface area contributed by atoms with E-state index < -0.39 is 17.7 Å². The molecule has 0 saturated carbocycles. The lowest BCUT2D eigenvalue weighted by Gasteiger charge is -2.38. The monoisotopic (exact) mass is 518 g/mol. The number of hydrogen-bond donors (Lipinski definition) is 1. The van der Waals surface area contributed by atoms with Gasteiger partial charge in [0.25, 0.3) is 11.7 Å². The van der Waals surface area contributed by atoms with Crippen LogP contribution < -0.4 is 4.74 Å². The second-order valence-electron chi connectivity index (χ2n) is 8.47. The molecule has 4 rings (SSSR count). The van der Waals surface area contributed by atoms with Gasteiger partial charge in [-0.2, -0.15) is 0 Å². The van der Waals surface area contributed by atoms with Crippen molar-refractivity contribution in [2.45, 2.75) is 38.8 Å². The number of methoxy groups -OCH3 is 1. The fourth-order valence-electron chi connectivity index (χ4n) is 4.75. The second-order valence-corrected chi connectivity index (χ2v) is 9.85. The van der Waals surface area contributed by atoms with Crippen molar-refractivity contribution in [1.29, 1.82) is 0 Å². The van der Waals surface area contributed by atoms with Crippen molar-refractivity contribution in [1.82, 2.24) is 9.80 Å². The summed E-state index contributed by atoms with van der Waals surface area (Å²) in [6.07, 6.45) is 0.604. The number of aryl methyl sites for hydroxylation is 1. The van der Waals surface area contributed by atoms with Gasteiger partial charge < -0.3 is 24.4 Å². The zero-order valence-corrected chi connectivity index (χ0v) is 21.3. The highest BCUT2D eigenvalue weighted by Gasteiger charge is 2.50. The second kappa shape index (κ2) is 10.3. The molecule has 3 heterocycles. The van der Waals surface area contributed by atoms with E-state index in [1.807, 2.05) is 24.4 Å². The zero-order valence-electron chi connectivity index (χ0n) is 19.7. The number of ether oxygens (including phenoxy) is 2. The predicted octanol–water partition coefficient (Wildman–Crippen LogP) is 4.76. The van der Waals surface area contributed by atoms with Crippen molar-refractivity contribution >= 4 is 46.5 Å². The lowest BCUT2D eigenvalue weighted by atomic mass is 9.97. The summed E-state index contributed by atoms with van der Waals surface area (Å²) in [5, 5.41) is 13.6. The predicted molar refractivity (Wildman–Crippen MR) is 133 cm³/mol. The Morgan fingerprint density at radius 2 is 1.97 bits per heavy atom. The Bertz CT molecular complexity index is 1170. The summed E-state index contributed by atoms with van der Waals surface area (Å²) < 4.78 is 10.5. The molecule has 2 aliphatic heterocycles. The van der Waals surface area contributed by atoms with Crippen LogP contribution in [-0.2, 0) is 14.3 Å². The summed E-state index contributed by atoms with van der Waals surface area (Å²) >= 11 is 7.74. The van der Waals surface area contributed by atoms with E-state index in [1.165, 1.54) is 18.4 Å². The first kappa shape index (κ1) is 25.1. The van der Waals surface area contributed by atoms with Gasteiger partial charge in [0.1, 0.15) is 11.5 Å². The van der Waals surface area contributed by atoms with Crippen molar-refractivity contribution in [3.8, 4) is 5.75 Å². The van der Waals surface area contributed by atoms with Crippen LogP contribution in [0.25, 0.3) is 5.76 Å². The number of carbonyl (C=O) groups is 3. The van der Waals surface area contributed by atoms with E-state index in [0.717, 1.165) is 10.4 Å². The molecule has 35 heavy (non-hydrogen) atoms. The number of aliphatic hydroxyl groups is 1. The maximum Gasteiger partial charge on any atom is 0.409 e. The van der Waals surface area contributed by atoms with Crippen LogP contribution in [0.5, 0.6) is 5.75 Å². The number of aliphatic hydroxyl groups excluding tert-OH is 1. The topological polar surface area (TPSA) is 96.4 Å². The van der Waals surface area contributed by atoms with E-state index in [9.17, 15) is 19.5 Å². The van der Waals surface area contributed by atoms with Crippen LogP contribution in [0.15, 0.2) is 35.2 Å². The Hall–Kier alpha value is -3.04. The van der Waals surface area contributed by atoms with Gasteiger partial charge in [0.05, 0.1) is 35.9 Å². The molecule has 1 aromatic heterocycles. The SMILES string of the molecule is CCOC(=O)N1CCC(N2C(=O)C(=O)/C(=C(\O)c3cc(C)cc(Cl)c3OC)C2c2cccs2)CC1. The van der Waals surface area contributed by atoms with Gasteiger partial charge in [0, 0.05) is 24.0 Å². The number of Topliss-reactive ketones (excluding diaryl/α,β-unsaturated/α-hetero) is 1. The number of rotatable bonds is 5. The summed E-state index contributed by atoms with van der Waals surface area (Å²) in [7, 11) is 1.43. The minimum Gasteiger partial charge on any atom is -0.507 e. The number of halogens is 1. The van der Waals surface area contributed by atoms with E-state index >= 15 is 0 Å². The van der Waals surface area contributed by atoms with Crippen LogP contribution in [-0.4, -0.2) is 65.5 Å². The third kappa shape index (κ3) is 4.62. The molecule has 2 saturated heterocycles. The molecule has 1 aromatic carbocycles. The molecule has 10 heteroatoms. The lowest BCUT2D eigenvalue weighted by molar-refractivity contribution is -0.142. The maximum atomic E-state index is 13.3. The molecule has 2 aliphatic rings. The number of thiophene rings is 1. The highest BCUT2D eigenvalue weighted by atomic mass is 35.5. The fourth-order valence-corrected chi connectivity index (χ4v) is 5.93. The smallest absolute Gasteiger partial charge is 0.409 e. The number of ketones is 1. The van der Waals surface area contributed by atoms with E-state index in [2.05, 4.69) is 0 Å². The van der Waals surface area contributed by atoms with Crippen molar-refractivity contribution in [3.05, 3.63) is 56.2 Å². The summed E-state index contributed by atoms with van der Waals surface area (Å²) in [4.78, 5) is 42.7. The van der Waals surface area contributed by atoms with Crippen LogP contribution in [0.1, 0.15) is 41.8 Å². The number of piperidine rings is 1. The molecule has 186 valence electrons. The standard InChI is InChI=1S/C25H27ClN2O6S/c1-4-34-25(32)27-9-7-15(8-10-27)28-20(18-6-5-11-35-18)19(22(30)24(28)31)21(29)16-12-14(2)13-17(26)23(16)33-3/h5-6,11-13,15,20,29H,4,7-10H2,1-3H3/b21-19-. The van der Waals surface area contributed by atoms with Gasteiger partial charge in [-0.25, -0.2) is 4.79 Å². The van der Waals surface area contributed by atoms with E-state index in [4.69, 9.17) is 21.1 Å². The molecule has 1 unspecified atom stereocenters. The average Bonchev–Trinajstić information content (AvgIpc) is 3.45. The van der Waals surface area contributed by atoms with Crippen LogP contribution >= 0.6 is 22.9 Å². The van der Waals surface area contributed by atoms with Gasteiger partial charge in [-0.15, -0.1) is 11.3 Å². The molecule has 2 aromatic rings. The lowest BCUT2D eigenvalue weighted by Crippen LogP contribution is -2.48. The molecule has 0 bridgehead atoms. The molecule has 0 spiro atoms. The molecule has 1 N–H and O–H groups in total. The van der Waals surface area contributed by atoms with E-state index in [-0.39, 0.29) is 41.4 Å². The van der Waals surface area contributed by atoms with Gasteiger partial charge in [-0.05, 0) is 55.8 Å². The third-order valence-electron chi connectivity index (χ3n) is 6.32. The fraction of sp³-hybridized carbons (Fsp3) is 0.400. The van der Waals surface area contributed by atoms with Crippen molar-refractivity contribution in [2.24, 2.45) is 0 Å². The molecule has 2 fully saturated rings. The van der Waals surface area contributed by atoms with Gasteiger partial charge in [-0.1, -0.05) is 17.7 Å². The highest BCUT2D eigenvalue weighted by molar-refractivity contribution is 7.10. The summed E-state index contributed by atoms with van der Waals surface area (Å²) in [5.74, 6) is -1.52. The first-order chi connectivity index (χ1) is 16.8. The first-order valence-corrected chi connectivity index (χ1v) is 12.6. The van der Waals surface area contributed by atoms with Crippen LogP contribution in [0.2, 0.25) is 5.02 Å². The van der Waals surface area contributed by atoms with Gasteiger partial charge in [0.2, 0.25) is 0 Å². The molecule has 2 amide bonds. The first-order valence-electron chi connectivity index (χ1n) is 11.4. The number of carbonyl (C=O) groups excluding carboxylic acids is 3. The normalized spacial score (nSPS) is 20.4. The minimum absolute atomic E-state index is 0.00485. The van der Waals surface area contributed by atoms with Crippen LogP contribution in [0, 0.1) is 6.92 Å². The van der Waals surface area contributed by atoms with E-state index in [1.54, 1.807) is 28.9 Å². The highest BCUT2D eigenvalue weighted by Crippen LogP contribution is 2.45. The van der Waals surface area contributed by atoms with Crippen LogP contribution in [0.3, 0.4) is 0 Å². The largest absolute Gasteiger partial charge is 0.507 e. The van der Waals surface area contributed by atoms with Gasteiger partial charge >= 0.3 is 6.09 Å². The third-order valence-corrected chi connectivity index (χ3v) is 7.53. The molecule has 0 radical (unpaired) electrons. The molecule has 1 atom stereocenters. The molecular formula is C25H27ClN2O6S. The Morgan fingerprint density at radius 1 is 1.26 bits per heavy atom. The number of nitrogens with zero attached hydrogens (tertiary/aromatic N) is 2. The summed E-state index contributed by atoms with van der Waals surface area (Å²) in [6, 6.07) is 6.03. The minimum atomic E-state index is -0.756. The quantitative estimate of drug-likeness (QED) is 0.348.